The average Bonchev–Trinajstić information content (AvgIpc) is 2.13. The molecular formula is C12H26N2O2S. The molecule has 102 valence electrons. The molecule has 0 heterocycles. The lowest BCUT2D eigenvalue weighted by atomic mass is 9.87. The molecule has 0 saturated carbocycles. The first-order valence-corrected chi connectivity index (χ1v) is 7.60. The monoisotopic (exact) mass is 262 g/mol. The van der Waals surface area contributed by atoms with E-state index in [0.29, 0.717) is 24.5 Å². The van der Waals surface area contributed by atoms with Crippen molar-refractivity contribution in [1.29, 1.82) is 0 Å². The van der Waals surface area contributed by atoms with Crippen LogP contribution in [0.2, 0.25) is 0 Å². The standard InChI is InChI=1S/C12H26N2O2S/c1-5-17(16)7-6-14-11(15)8-10(13)9-12(2,3)4/h10H,5-9,13H2,1-4H3,(H,14,15). The predicted octanol–water partition coefficient (Wildman–Crippen LogP) is 1.02. The Kier molecular flexibility index (Phi) is 7.63. The molecule has 3 N–H and O–H groups in total. The van der Waals surface area contributed by atoms with Gasteiger partial charge in [-0.3, -0.25) is 9.00 Å². The van der Waals surface area contributed by atoms with Gasteiger partial charge in [-0.1, -0.05) is 27.7 Å². The Morgan fingerprint density at radius 2 is 2.00 bits per heavy atom. The highest BCUT2D eigenvalue weighted by Gasteiger charge is 2.17. The van der Waals surface area contributed by atoms with E-state index in [0.717, 1.165) is 6.42 Å². The molecule has 5 heteroatoms. The van der Waals surface area contributed by atoms with Gasteiger partial charge in [0.05, 0.1) is 0 Å². The third-order valence-corrected chi connectivity index (χ3v) is 3.60. The molecule has 2 unspecified atom stereocenters. The largest absolute Gasteiger partial charge is 0.355 e. The zero-order valence-corrected chi connectivity index (χ0v) is 12.2. The number of hydrogen-bond acceptors (Lipinski definition) is 3. The molecular weight excluding hydrogens is 236 g/mol. The van der Waals surface area contributed by atoms with Gasteiger partial charge in [0.2, 0.25) is 5.91 Å². The summed E-state index contributed by atoms with van der Waals surface area (Å²) < 4.78 is 11.1. The van der Waals surface area contributed by atoms with Gasteiger partial charge in [0.1, 0.15) is 0 Å². The van der Waals surface area contributed by atoms with Gasteiger partial charge >= 0.3 is 0 Å². The molecule has 0 aliphatic rings. The van der Waals surface area contributed by atoms with Gasteiger partial charge in [0.25, 0.3) is 0 Å². The van der Waals surface area contributed by atoms with Crippen LogP contribution in [-0.4, -0.2) is 34.2 Å². The highest BCUT2D eigenvalue weighted by molar-refractivity contribution is 7.84. The summed E-state index contributed by atoms with van der Waals surface area (Å²) in [6, 6.07) is -0.105. The van der Waals surface area contributed by atoms with Crippen LogP contribution in [0.5, 0.6) is 0 Å². The van der Waals surface area contributed by atoms with E-state index in [1.807, 2.05) is 6.92 Å². The Morgan fingerprint density at radius 1 is 1.41 bits per heavy atom. The fourth-order valence-corrected chi connectivity index (χ4v) is 2.24. The first-order chi connectivity index (χ1) is 7.74. The van der Waals surface area contributed by atoms with Crippen molar-refractivity contribution in [3.63, 3.8) is 0 Å². The zero-order valence-electron chi connectivity index (χ0n) is 11.4. The molecule has 0 spiro atoms. The maximum absolute atomic E-state index is 11.5. The van der Waals surface area contributed by atoms with E-state index >= 15 is 0 Å². The average molecular weight is 262 g/mol. The van der Waals surface area contributed by atoms with Gasteiger partial charge in [-0.2, -0.15) is 0 Å². The number of carbonyl (C=O) groups is 1. The van der Waals surface area contributed by atoms with Crippen LogP contribution in [0, 0.1) is 5.41 Å². The van der Waals surface area contributed by atoms with Crippen LogP contribution in [0.15, 0.2) is 0 Å². The van der Waals surface area contributed by atoms with E-state index in [9.17, 15) is 9.00 Å². The van der Waals surface area contributed by atoms with Crippen molar-refractivity contribution in [3.05, 3.63) is 0 Å². The fourth-order valence-electron chi connectivity index (χ4n) is 1.62. The molecule has 0 aromatic rings. The van der Waals surface area contributed by atoms with Crippen LogP contribution >= 0.6 is 0 Å². The molecule has 0 radical (unpaired) electrons. The number of amides is 1. The van der Waals surface area contributed by atoms with Gasteiger partial charge in [-0.15, -0.1) is 0 Å². The molecule has 0 aromatic carbocycles. The van der Waals surface area contributed by atoms with Gasteiger partial charge in [-0.25, -0.2) is 0 Å². The van der Waals surface area contributed by atoms with Crippen molar-refractivity contribution in [3.8, 4) is 0 Å². The Morgan fingerprint density at radius 3 is 2.47 bits per heavy atom. The van der Waals surface area contributed by atoms with Crippen molar-refractivity contribution in [2.24, 2.45) is 11.1 Å². The SMILES string of the molecule is CCS(=O)CCNC(=O)CC(N)CC(C)(C)C. The summed E-state index contributed by atoms with van der Waals surface area (Å²) in [5, 5.41) is 2.75. The van der Waals surface area contributed by atoms with E-state index in [4.69, 9.17) is 5.73 Å². The smallest absolute Gasteiger partial charge is 0.221 e. The Bertz CT molecular complexity index is 262. The van der Waals surface area contributed by atoms with E-state index in [2.05, 4.69) is 26.1 Å². The van der Waals surface area contributed by atoms with Crippen LogP contribution in [-0.2, 0) is 15.6 Å². The van der Waals surface area contributed by atoms with Crippen molar-refractivity contribution < 1.29 is 9.00 Å². The molecule has 0 rings (SSSR count). The van der Waals surface area contributed by atoms with E-state index < -0.39 is 10.8 Å². The van der Waals surface area contributed by atoms with Crippen LogP contribution in [0.25, 0.3) is 0 Å². The van der Waals surface area contributed by atoms with Gasteiger partial charge < -0.3 is 11.1 Å². The number of nitrogens with two attached hydrogens (primary N) is 1. The summed E-state index contributed by atoms with van der Waals surface area (Å²) >= 11 is 0. The van der Waals surface area contributed by atoms with Crippen LogP contribution in [0.3, 0.4) is 0 Å². The Hall–Kier alpha value is -0.420. The lowest BCUT2D eigenvalue weighted by molar-refractivity contribution is -0.121. The van der Waals surface area contributed by atoms with Crippen LogP contribution < -0.4 is 11.1 Å². The highest BCUT2D eigenvalue weighted by atomic mass is 32.2. The molecule has 2 atom stereocenters. The summed E-state index contributed by atoms with van der Waals surface area (Å²) in [5.41, 5.74) is 6.04. The Balaban J connectivity index is 3.75. The van der Waals surface area contributed by atoms with Crippen LogP contribution in [0.1, 0.15) is 40.5 Å². The lowest BCUT2D eigenvalue weighted by Gasteiger charge is -2.22. The van der Waals surface area contributed by atoms with Crippen LogP contribution in [0.4, 0.5) is 0 Å². The molecule has 0 aliphatic heterocycles. The summed E-state index contributed by atoms with van der Waals surface area (Å²) in [4.78, 5) is 11.5. The van der Waals surface area contributed by atoms with Crippen molar-refractivity contribution >= 4 is 16.7 Å². The molecule has 4 nitrogen and oxygen atoms in total. The van der Waals surface area contributed by atoms with Crippen molar-refractivity contribution in [1.82, 2.24) is 5.32 Å². The maximum atomic E-state index is 11.5. The molecule has 0 bridgehead atoms. The maximum Gasteiger partial charge on any atom is 0.221 e. The second-order valence-corrected chi connectivity index (χ2v) is 7.38. The first kappa shape index (κ1) is 16.6. The second kappa shape index (κ2) is 7.82. The minimum atomic E-state index is -0.818. The summed E-state index contributed by atoms with van der Waals surface area (Å²) in [5.74, 6) is 1.12. The second-order valence-electron chi connectivity index (χ2n) is 5.51. The summed E-state index contributed by atoms with van der Waals surface area (Å²) in [6.07, 6.45) is 1.16. The number of rotatable bonds is 7. The minimum absolute atomic E-state index is 0.0464. The molecule has 0 aromatic heterocycles. The fraction of sp³-hybridized carbons (Fsp3) is 0.917. The minimum Gasteiger partial charge on any atom is -0.355 e. The lowest BCUT2D eigenvalue weighted by Crippen LogP contribution is -2.35. The van der Waals surface area contributed by atoms with Gasteiger partial charge in [-0.05, 0) is 11.8 Å². The summed E-state index contributed by atoms with van der Waals surface area (Å²) in [6.45, 7) is 8.66. The molecule has 0 fully saturated rings. The molecule has 17 heavy (non-hydrogen) atoms. The molecule has 0 aliphatic carbocycles. The van der Waals surface area contributed by atoms with Crippen molar-refractivity contribution in [2.75, 3.05) is 18.1 Å². The Labute approximate surface area is 107 Å². The predicted molar refractivity (Wildman–Crippen MR) is 73.2 cm³/mol. The number of carbonyl (C=O) groups excluding carboxylic acids is 1. The van der Waals surface area contributed by atoms with E-state index in [1.54, 1.807) is 0 Å². The normalized spacial score (nSPS) is 15.4. The number of nitrogens with one attached hydrogen (secondary N) is 1. The molecule has 1 amide bonds. The number of hydrogen-bond donors (Lipinski definition) is 2. The third-order valence-electron chi connectivity index (χ3n) is 2.30. The van der Waals surface area contributed by atoms with E-state index in [1.165, 1.54) is 0 Å². The zero-order chi connectivity index (χ0) is 13.5. The van der Waals surface area contributed by atoms with Gasteiger partial charge in [0, 0.05) is 41.3 Å². The summed E-state index contributed by atoms with van der Waals surface area (Å²) in [7, 11) is -0.818. The topological polar surface area (TPSA) is 72.2 Å². The van der Waals surface area contributed by atoms with Crippen molar-refractivity contribution in [2.45, 2.75) is 46.6 Å². The van der Waals surface area contributed by atoms with Gasteiger partial charge in [0.15, 0.2) is 0 Å². The molecule has 0 saturated heterocycles. The highest BCUT2D eigenvalue weighted by Crippen LogP contribution is 2.20. The van der Waals surface area contributed by atoms with E-state index in [-0.39, 0.29) is 17.4 Å². The first-order valence-electron chi connectivity index (χ1n) is 6.12. The quantitative estimate of drug-likeness (QED) is 0.719. The third kappa shape index (κ3) is 10.5.